The van der Waals surface area contributed by atoms with Crippen molar-refractivity contribution in [1.29, 1.82) is 5.26 Å². The van der Waals surface area contributed by atoms with Gasteiger partial charge in [0.2, 0.25) is 0 Å². The van der Waals surface area contributed by atoms with E-state index in [-0.39, 0.29) is 16.5 Å². The Labute approximate surface area is 157 Å². The van der Waals surface area contributed by atoms with Crippen molar-refractivity contribution in [2.75, 3.05) is 5.75 Å². The number of aromatic nitrogens is 1. The van der Waals surface area contributed by atoms with Crippen LogP contribution in [0.3, 0.4) is 0 Å². The van der Waals surface area contributed by atoms with Gasteiger partial charge < -0.3 is 4.74 Å². The zero-order valence-electron chi connectivity index (χ0n) is 14.2. The van der Waals surface area contributed by atoms with Crippen molar-refractivity contribution in [3.63, 3.8) is 0 Å². The highest BCUT2D eigenvalue weighted by molar-refractivity contribution is 7.99. The van der Waals surface area contributed by atoms with Crippen LogP contribution in [0.2, 0.25) is 0 Å². The molecule has 0 aliphatic carbocycles. The van der Waals surface area contributed by atoms with Crippen LogP contribution in [-0.2, 0) is 6.18 Å². The summed E-state index contributed by atoms with van der Waals surface area (Å²) < 4.78 is 68.9. The number of benzene rings is 1. The maximum Gasteiger partial charge on any atom is 0.417 e. The highest BCUT2D eigenvalue weighted by Crippen LogP contribution is 2.38. The van der Waals surface area contributed by atoms with Crippen molar-refractivity contribution in [2.24, 2.45) is 0 Å². The highest BCUT2D eigenvalue weighted by Gasteiger charge is 2.36. The van der Waals surface area contributed by atoms with Gasteiger partial charge in [0.15, 0.2) is 0 Å². The number of thioether (sulfide) groups is 1. The summed E-state index contributed by atoms with van der Waals surface area (Å²) in [6.07, 6.45) is -3.10. The summed E-state index contributed by atoms with van der Waals surface area (Å²) >= 11 is 1.09. The van der Waals surface area contributed by atoms with Gasteiger partial charge in [-0.1, -0.05) is 13.3 Å². The SMILES string of the molecule is CCCCSc1nc(-c2ccc(OC(F)F)cc2)cc(C(F)(F)F)c1C#N. The molecule has 0 fully saturated rings. The number of unbranched alkanes of at least 4 members (excludes halogenated alkanes) is 1. The Morgan fingerprint density at radius 1 is 1.22 bits per heavy atom. The average molecular weight is 402 g/mol. The molecule has 0 saturated heterocycles. The lowest BCUT2D eigenvalue weighted by atomic mass is 10.1. The molecule has 0 unspecified atom stereocenters. The summed E-state index contributed by atoms with van der Waals surface area (Å²) in [5.41, 5.74) is -1.28. The lowest BCUT2D eigenvalue weighted by molar-refractivity contribution is -0.138. The van der Waals surface area contributed by atoms with Crippen LogP contribution in [0.4, 0.5) is 22.0 Å². The molecule has 2 aromatic rings. The minimum Gasteiger partial charge on any atom is -0.435 e. The number of rotatable bonds is 7. The van der Waals surface area contributed by atoms with Crippen molar-refractivity contribution in [3.8, 4) is 23.1 Å². The van der Waals surface area contributed by atoms with Crippen LogP contribution >= 0.6 is 11.8 Å². The van der Waals surface area contributed by atoms with Crippen molar-refractivity contribution in [2.45, 2.75) is 37.6 Å². The summed E-state index contributed by atoms with van der Waals surface area (Å²) in [5, 5.41) is 9.21. The number of alkyl halides is 5. The second-order valence-electron chi connectivity index (χ2n) is 5.45. The number of halogens is 5. The van der Waals surface area contributed by atoms with E-state index in [1.54, 1.807) is 6.07 Å². The number of nitrogens with zero attached hydrogens (tertiary/aromatic N) is 2. The van der Waals surface area contributed by atoms with Gasteiger partial charge in [-0.3, -0.25) is 0 Å². The summed E-state index contributed by atoms with van der Waals surface area (Å²) in [6.45, 7) is -1.05. The maximum absolute atomic E-state index is 13.4. The standard InChI is InChI=1S/C18H15F5N2OS/c1-2-3-8-27-16-13(10-24)14(18(21,22)23)9-15(25-16)11-4-6-12(7-5-11)26-17(19)20/h4-7,9,17H,2-3,8H2,1H3. The third-order valence-electron chi connectivity index (χ3n) is 3.52. The Kier molecular flexibility index (Phi) is 7.02. The molecule has 3 nitrogen and oxygen atoms in total. The molecular formula is C18H15F5N2OS. The third kappa shape index (κ3) is 5.57. The summed E-state index contributed by atoms with van der Waals surface area (Å²) in [5.74, 6) is 0.413. The van der Waals surface area contributed by atoms with Crippen LogP contribution < -0.4 is 4.74 Å². The molecule has 0 atom stereocenters. The van der Waals surface area contributed by atoms with Crippen LogP contribution in [0, 0.1) is 11.3 Å². The molecular weight excluding hydrogens is 387 g/mol. The van der Waals surface area contributed by atoms with Crippen molar-refractivity contribution in [3.05, 3.63) is 41.5 Å². The molecule has 0 radical (unpaired) electrons. The molecule has 0 spiro atoms. The second-order valence-corrected chi connectivity index (χ2v) is 6.53. The molecule has 1 aromatic carbocycles. The highest BCUT2D eigenvalue weighted by atomic mass is 32.2. The Bertz CT molecular complexity index is 816. The first-order valence-electron chi connectivity index (χ1n) is 7.96. The molecule has 1 aromatic heterocycles. The van der Waals surface area contributed by atoms with Crippen molar-refractivity contribution in [1.82, 2.24) is 4.98 Å². The van der Waals surface area contributed by atoms with Crippen molar-refractivity contribution < 1.29 is 26.7 Å². The summed E-state index contributed by atoms with van der Waals surface area (Å²) in [7, 11) is 0. The van der Waals surface area contributed by atoms with E-state index in [0.717, 1.165) is 30.7 Å². The van der Waals surface area contributed by atoms with Crippen LogP contribution in [0.25, 0.3) is 11.3 Å². The second kappa shape index (κ2) is 9.04. The molecule has 144 valence electrons. The molecule has 2 rings (SSSR count). The number of hydrogen-bond donors (Lipinski definition) is 0. The lowest BCUT2D eigenvalue weighted by Gasteiger charge is -2.14. The van der Waals surface area contributed by atoms with Gasteiger partial charge in [0.1, 0.15) is 16.8 Å². The first-order valence-corrected chi connectivity index (χ1v) is 8.95. The zero-order valence-corrected chi connectivity index (χ0v) is 15.0. The van der Waals surface area contributed by atoms with Crippen LogP contribution in [0.15, 0.2) is 35.4 Å². The van der Waals surface area contributed by atoms with E-state index in [0.29, 0.717) is 11.3 Å². The minimum absolute atomic E-state index is 0.00341. The van der Waals surface area contributed by atoms with E-state index < -0.39 is 23.9 Å². The molecule has 1 heterocycles. The summed E-state index contributed by atoms with van der Waals surface area (Å²) in [6, 6.07) is 7.52. The van der Waals surface area contributed by atoms with Gasteiger partial charge in [-0.25, -0.2) is 4.98 Å². The first kappa shape index (κ1) is 21.0. The predicted molar refractivity (Wildman–Crippen MR) is 91.7 cm³/mol. The van der Waals surface area contributed by atoms with Gasteiger partial charge in [-0.2, -0.15) is 27.2 Å². The first-order chi connectivity index (χ1) is 12.8. The summed E-state index contributed by atoms with van der Waals surface area (Å²) in [4.78, 5) is 4.20. The lowest BCUT2D eigenvalue weighted by Crippen LogP contribution is -2.10. The van der Waals surface area contributed by atoms with Crippen LogP contribution in [0.1, 0.15) is 30.9 Å². The Balaban J connectivity index is 2.49. The minimum atomic E-state index is -4.72. The van der Waals surface area contributed by atoms with Gasteiger partial charge in [-0.05, 0) is 42.5 Å². The van der Waals surface area contributed by atoms with Gasteiger partial charge >= 0.3 is 12.8 Å². The van der Waals surface area contributed by atoms with Crippen molar-refractivity contribution >= 4 is 11.8 Å². The monoisotopic (exact) mass is 402 g/mol. The van der Waals surface area contributed by atoms with E-state index in [1.807, 2.05) is 6.92 Å². The van der Waals surface area contributed by atoms with E-state index in [9.17, 15) is 27.2 Å². The molecule has 0 N–H and O–H groups in total. The normalized spacial score (nSPS) is 11.5. The Morgan fingerprint density at radius 3 is 2.41 bits per heavy atom. The van der Waals surface area contributed by atoms with Gasteiger partial charge in [0.05, 0.1) is 16.8 Å². The topological polar surface area (TPSA) is 45.9 Å². The molecule has 0 saturated carbocycles. The fourth-order valence-corrected chi connectivity index (χ4v) is 3.32. The molecule has 9 heteroatoms. The quantitative estimate of drug-likeness (QED) is 0.317. The van der Waals surface area contributed by atoms with E-state index in [2.05, 4.69) is 9.72 Å². The number of pyridine rings is 1. The predicted octanol–water partition coefficient (Wildman–Crippen LogP) is 6.13. The number of nitriles is 1. The van der Waals surface area contributed by atoms with E-state index >= 15 is 0 Å². The van der Waals surface area contributed by atoms with Gasteiger partial charge in [0.25, 0.3) is 0 Å². The maximum atomic E-state index is 13.4. The molecule has 27 heavy (non-hydrogen) atoms. The largest absolute Gasteiger partial charge is 0.435 e. The fourth-order valence-electron chi connectivity index (χ4n) is 2.23. The third-order valence-corrected chi connectivity index (χ3v) is 4.58. The number of hydrogen-bond acceptors (Lipinski definition) is 4. The molecule has 0 aliphatic heterocycles. The number of ether oxygens (including phenoxy) is 1. The van der Waals surface area contributed by atoms with E-state index in [1.165, 1.54) is 24.3 Å². The average Bonchev–Trinajstić information content (AvgIpc) is 2.60. The van der Waals surface area contributed by atoms with Crippen LogP contribution in [0.5, 0.6) is 5.75 Å². The molecule has 0 aliphatic rings. The molecule has 0 amide bonds. The van der Waals surface area contributed by atoms with Gasteiger partial charge in [0, 0.05) is 5.56 Å². The Morgan fingerprint density at radius 2 is 1.89 bits per heavy atom. The Hall–Kier alpha value is -2.34. The smallest absolute Gasteiger partial charge is 0.417 e. The fraction of sp³-hybridized carbons (Fsp3) is 0.333. The molecule has 0 bridgehead atoms. The van der Waals surface area contributed by atoms with E-state index in [4.69, 9.17) is 0 Å². The zero-order chi connectivity index (χ0) is 20.0. The van der Waals surface area contributed by atoms with Gasteiger partial charge in [-0.15, -0.1) is 11.8 Å². The van der Waals surface area contributed by atoms with Crippen LogP contribution in [-0.4, -0.2) is 17.3 Å².